The molecule has 0 aromatic heterocycles. The lowest BCUT2D eigenvalue weighted by atomic mass is 10.1. The molecule has 2 aromatic carbocycles. The second-order valence-electron chi connectivity index (χ2n) is 7.32. The van der Waals surface area contributed by atoms with Gasteiger partial charge in [0.2, 0.25) is 0 Å². The largest absolute Gasteiger partial charge is 0.484 e. The summed E-state index contributed by atoms with van der Waals surface area (Å²) in [6.45, 7) is 5.14. The first kappa shape index (κ1) is 22.9. The third-order valence-corrected chi connectivity index (χ3v) is 3.67. The minimum absolute atomic E-state index is 0.168. The zero-order chi connectivity index (χ0) is 22.1. The van der Waals surface area contributed by atoms with E-state index in [-0.39, 0.29) is 12.5 Å². The topological polar surface area (TPSA) is 109 Å². The van der Waals surface area contributed by atoms with E-state index in [2.05, 4.69) is 21.2 Å². The van der Waals surface area contributed by atoms with Gasteiger partial charge < -0.3 is 15.4 Å². The number of amides is 3. The molecular formula is C21H23ClN4O4. The summed E-state index contributed by atoms with van der Waals surface area (Å²) in [6.07, 6.45) is 1.39. The SMILES string of the molecule is CC(C)(C)NC(=O)C(=O)N/N=C\c1ccc(OCC(=O)Nc2cccc(Cl)c2)cc1. The number of hydrogen-bond donors (Lipinski definition) is 3. The molecule has 8 nitrogen and oxygen atoms in total. The van der Waals surface area contributed by atoms with Crippen molar-refractivity contribution in [2.75, 3.05) is 11.9 Å². The van der Waals surface area contributed by atoms with E-state index >= 15 is 0 Å². The van der Waals surface area contributed by atoms with Gasteiger partial charge in [-0.05, 0) is 68.8 Å². The molecule has 3 amide bonds. The van der Waals surface area contributed by atoms with Gasteiger partial charge in [0.05, 0.1) is 6.21 Å². The Morgan fingerprint density at radius 3 is 2.40 bits per heavy atom. The molecule has 0 saturated carbocycles. The molecule has 0 heterocycles. The van der Waals surface area contributed by atoms with E-state index in [1.165, 1.54) is 6.21 Å². The molecule has 0 fully saturated rings. The Kier molecular flexibility index (Phi) is 7.94. The van der Waals surface area contributed by atoms with Crippen molar-refractivity contribution in [2.24, 2.45) is 5.10 Å². The van der Waals surface area contributed by atoms with Crippen LogP contribution in [0.1, 0.15) is 26.3 Å². The van der Waals surface area contributed by atoms with E-state index in [0.29, 0.717) is 22.0 Å². The number of nitrogens with zero attached hydrogens (tertiary/aromatic N) is 1. The number of anilines is 1. The van der Waals surface area contributed by atoms with E-state index in [4.69, 9.17) is 16.3 Å². The van der Waals surface area contributed by atoms with Gasteiger partial charge in [-0.25, -0.2) is 5.43 Å². The van der Waals surface area contributed by atoms with Crippen LogP contribution in [-0.4, -0.2) is 36.1 Å². The van der Waals surface area contributed by atoms with E-state index in [1.54, 1.807) is 69.3 Å². The monoisotopic (exact) mass is 430 g/mol. The van der Waals surface area contributed by atoms with Crippen LogP contribution >= 0.6 is 11.6 Å². The average molecular weight is 431 g/mol. The molecule has 9 heteroatoms. The number of ether oxygens (including phenoxy) is 1. The first-order chi connectivity index (χ1) is 14.1. The minimum Gasteiger partial charge on any atom is -0.484 e. The normalized spacial score (nSPS) is 11.1. The fourth-order valence-corrected chi connectivity index (χ4v) is 2.37. The van der Waals surface area contributed by atoms with E-state index in [1.807, 2.05) is 0 Å². The Morgan fingerprint density at radius 1 is 1.07 bits per heavy atom. The lowest BCUT2D eigenvalue weighted by Crippen LogP contribution is -2.47. The molecule has 2 aromatic rings. The number of halogens is 1. The van der Waals surface area contributed by atoms with Crippen molar-refractivity contribution in [3.63, 3.8) is 0 Å². The van der Waals surface area contributed by atoms with Gasteiger partial charge >= 0.3 is 11.8 Å². The smallest absolute Gasteiger partial charge is 0.329 e. The zero-order valence-corrected chi connectivity index (χ0v) is 17.6. The number of nitrogens with one attached hydrogen (secondary N) is 3. The second kappa shape index (κ2) is 10.4. The zero-order valence-electron chi connectivity index (χ0n) is 16.9. The second-order valence-corrected chi connectivity index (χ2v) is 7.76. The van der Waals surface area contributed by atoms with Crippen molar-refractivity contribution in [3.05, 3.63) is 59.1 Å². The molecular weight excluding hydrogens is 408 g/mol. The Labute approximate surface area is 179 Å². The maximum Gasteiger partial charge on any atom is 0.329 e. The molecule has 0 bridgehead atoms. The first-order valence-corrected chi connectivity index (χ1v) is 9.44. The Morgan fingerprint density at radius 2 is 1.77 bits per heavy atom. The molecule has 0 aliphatic carbocycles. The van der Waals surface area contributed by atoms with Crippen molar-refractivity contribution < 1.29 is 19.1 Å². The average Bonchev–Trinajstić information content (AvgIpc) is 2.66. The highest BCUT2D eigenvalue weighted by Gasteiger charge is 2.19. The third-order valence-electron chi connectivity index (χ3n) is 3.43. The lowest BCUT2D eigenvalue weighted by molar-refractivity contribution is -0.140. The Bertz CT molecular complexity index is 937. The highest BCUT2D eigenvalue weighted by molar-refractivity contribution is 6.35. The maximum atomic E-state index is 11.9. The van der Waals surface area contributed by atoms with Crippen molar-refractivity contribution in [1.82, 2.24) is 10.7 Å². The number of benzene rings is 2. The van der Waals surface area contributed by atoms with Crippen LogP contribution in [0.3, 0.4) is 0 Å². The van der Waals surface area contributed by atoms with Gasteiger partial charge in [-0.1, -0.05) is 17.7 Å². The van der Waals surface area contributed by atoms with E-state index in [9.17, 15) is 14.4 Å². The van der Waals surface area contributed by atoms with Crippen LogP contribution in [0.5, 0.6) is 5.75 Å². The van der Waals surface area contributed by atoms with Gasteiger partial charge in [-0.2, -0.15) is 5.10 Å². The number of hydrazone groups is 1. The number of hydrogen-bond acceptors (Lipinski definition) is 5. The van der Waals surface area contributed by atoms with Crippen LogP contribution in [-0.2, 0) is 14.4 Å². The maximum absolute atomic E-state index is 11.9. The van der Waals surface area contributed by atoms with Gasteiger partial charge in [0.1, 0.15) is 5.75 Å². The molecule has 0 aliphatic heterocycles. The van der Waals surface area contributed by atoms with Crippen LogP contribution in [0.25, 0.3) is 0 Å². The highest BCUT2D eigenvalue weighted by Crippen LogP contribution is 2.15. The summed E-state index contributed by atoms with van der Waals surface area (Å²) in [5.41, 5.74) is 2.90. The molecule has 30 heavy (non-hydrogen) atoms. The Balaban J connectivity index is 1.79. The van der Waals surface area contributed by atoms with E-state index in [0.717, 1.165) is 0 Å². The summed E-state index contributed by atoms with van der Waals surface area (Å²) in [5, 5.41) is 9.49. The summed E-state index contributed by atoms with van der Waals surface area (Å²) in [5.74, 6) is -1.45. The lowest BCUT2D eigenvalue weighted by Gasteiger charge is -2.19. The fourth-order valence-electron chi connectivity index (χ4n) is 2.18. The summed E-state index contributed by atoms with van der Waals surface area (Å²) < 4.78 is 5.43. The van der Waals surface area contributed by atoms with Crippen molar-refractivity contribution in [1.29, 1.82) is 0 Å². The van der Waals surface area contributed by atoms with Crippen molar-refractivity contribution in [3.8, 4) is 5.75 Å². The number of rotatable bonds is 6. The van der Waals surface area contributed by atoms with Gasteiger partial charge in [-0.3, -0.25) is 14.4 Å². The summed E-state index contributed by atoms with van der Waals surface area (Å²) in [6, 6.07) is 13.5. The van der Waals surface area contributed by atoms with Gasteiger partial charge in [0, 0.05) is 16.2 Å². The van der Waals surface area contributed by atoms with Crippen molar-refractivity contribution >= 4 is 41.2 Å². The third kappa shape index (κ3) is 8.32. The molecule has 0 aliphatic rings. The predicted octanol–water partition coefficient (Wildman–Crippen LogP) is 2.72. The minimum atomic E-state index is -0.855. The van der Waals surface area contributed by atoms with E-state index < -0.39 is 17.4 Å². The molecule has 0 atom stereocenters. The quantitative estimate of drug-likeness (QED) is 0.372. The summed E-state index contributed by atoms with van der Waals surface area (Å²) in [7, 11) is 0. The molecule has 2 rings (SSSR count). The van der Waals surface area contributed by atoms with Crippen LogP contribution in [0.4, 0.5) is 5.69 Å². The fraction of sp³-hybridized carbons (Fsp3) is 0.238. The standard InChI is InChI=1S/C21H23ClN4O4/c1-21(2,3)25-19(28)20(29)26-23-12-14-7-9-17(10-8-14)30-13-18(27)24-16-6-4-5-15(22)11-16/h4-12H,13H2,1-3H3,(H,24,27)(H,25,28)(H,26,29)/b23-12-. The number of carbonyl (C=O) groups excluding carboxylic acids is 3. The molecule has 0 saturated heterocycles. The molecule has 158 valence electrons. The number of carbonyl (C=O) groups is 3. The molecule has 0 spiro atoms. The molecule has 0 radical (unpaired) electrons. The Hall–Kier alpha value is -3.39. The highest BCUT2D eigenvalue weighted by atomic mass is 35.5. The first-order valence-electron chi connectivity index (χ1n) is 9.06. The predicted molar refractivity (Wildman–Crippen MR) is 116 cm³/mol. The van der Waals surface area contributed by atoms with Crippen LogP contribution in [0.2, 0.25) is 5.02 Å². The van der Waals surface area contributed by atoms with Crippen LogP contribution in [0, 0.1) is 0 Å². The van der Waals surface area contributed by atoms with Gasteiger partial charge in [-0.15, -0.1) is 0 Å². The summed E-state index contributed by atoms with van der Waals surface area (Å²) in [4.78, 5) is 35.3. The van der Waals surface area contributed by atoms with Gasteiger partial charge in [0.25, 0.3) is 5.91 Å². The van der Waals surface area contributed by atoms with Crippen molar-refractivity contribution in [2.45, 2.75) is 26.3 Å². The summed E-state index contributed by atoms with van der Waals surface area (Å²) >= 11 is 5.87. The van der Waals surface area contributed by atoms with Gasteiger partial charge in [0.15, 0.2) is 6.61 Å². The van der Waals surface area contributed by atoms with Crippen LogP contribution < -0.4 is 20.8 Å². The molecule has 3 N–H and O–H groups in total. The molecule has 0 unspecified atom stereocenters. The van der Waals surface area contributed by atoms with Crippen LogP contribution in [0.15, 0.2) is 53.6 Å².